The van der Waals surface area contributed by atoms with Crippen molar-refractivity contribution in [2.45, 2.75) is 6.04 Å². The van der Waals surface area contributed by atoms with Crippen LogP contribution in [0.5, 0.6) is 0 Å². The van der Waals surface area contributed by atoms with Crippen molar-refractivity contribution in [1.82, 2.24) is 10.2 Å². The maximum Gasteiger partial charge on any atom is 0.288 e. The molecular weight excluding hydrogens is 220 g/mol. The minimum absolute atomic E-state index is 0.0441. The van der Waals surface area contributed by atoms with Crippen molar-refractivity contribution < 1.29 is 9.59 Å². The van der Waals surface area contributed by atoms with E-state index in [2.05, 4.69) is 5.32 Å². The van der Waals surface area contributed by atoms with Gasteiger partial charge in [-0.05, 0) is 0 Å². The molecule has 0 radical (unpaired) electrons. The molecule has 2 fully saturated rings. The number of carbonyl (C=O) groups is 2. The van der Waals surface area contributed by atoms with Crippen molar-refractivity contribution in [3.63, 3.8) is 0 Å². The van der Waals surface area contributed by atoms with Crippen LogP contribution in [0.1, 0.15) is 0 Å². The lowest BCUT2D eigenvalue weighted by atomic mass is 10.3. The molecular formula is C8H12N2O2S2. The highest BCUT2D eigenvalue weighted by Gasteiger charge is 2.31. The average Bonchev–Trinajstić information content (AvgIpc) is 2.51. The number of rotatable bonds is 2. The van der Waals surface area contributed by atoms with Crippen LogP contribution < -0.4 is 5.32 Å². The van der Waals surface area contributed by atoms with E-state index in [-0.39, 0.29) is 17.2 Å². The summed E-state index contributed by atoms with van der Waals surface area (Å²) in [7, 11) is 0. The molecule has 2 saturated heterocycles. The van der Waals surface area contributed by atoms with Crippen molar-refractivity contribution >= 4 is 34.7 Å². The monoisotopic (exact) mass is 232 g/mol. The van der Waals surface area contributed by atoms with Gasteiger partial charge in [-0.1, -0.05) is 11.8 Å². The third kappa shape index (κ3) is 2.24. The lowest BCUT2D eigenvalue weighted by molar-refractivity contribution is -0.124. The first-order chi connectivity index (χ1) is 6.77. The standard InChI is InChI=1S/C8H12N2O2S2/c11-7-5-14-8(12)10(7)3-6-4-13-2-1-9-6/h6,9H,1-5H2/t6-/m1/s1. The molecule has 0 saturated carbocycles. The van der Waals surface area contributed by atoms with Gasteiger partial charge in [-0.15, -0.1) is 0 Å². The lowest BCUT2D eigenvalue weighted by Gasteiger charge is -2.26. The van der Waals surface area contributed by atoms with Gasteiger partial charge in [-0.3, -0.25) is 14.5 Å². The summed E-state index contributed by atoms with van der Waals surface area (Å²) in [6, 6.07) is 0.278. The summed E-state index contributed by atoms with van der Waals surface area (Å²) < 4.78 is 0. The summed E-state index contributed by atoms with van der Waals surface area (Å²) in [5.74, 6) is 2.38. The molecule has 0 aromatic carbocycles. The van der Waals surface area contributed by atoms with E-state index in [0.717, 1.165) is 29.8 Å². The Kier molecular flexibility index (Phi) is 3.35. The quantitative estimate of drug-likeness (QED) is 0.746. The Bertz CT molecular complexity index is 238. The van der Waals surface area contributed by atoms with E-state index in [0.29, 0.717) is 12.3 Å². The van der Waals surface area contributed by atoms with Gasteiger partial charge in [0.1, 0.15) is 0 Å². The summed E-state index contributed by atoms with van der Waals surface area (Å²) in [6.45, 7) is 1.51. The van der Waals surface area contributed by atoms with Crippen LogP contribution in [0, 0.1) is 0 Å². The number of carbonyl (C=O) groups excluding carboxylic acids is 2. The fraction of sp³-hybridized carbons (Fsp3) is 0.750. The highest BCUT2D eigenvalue weighted by Crippen LogP contribution is 2.20. The SMILES string of the molecule is O=C1CSC(=O)N1C[C@@H]1CSCCN1. The van der Waals surface area contributed by atoms with Gasteiger partial charge < -0.3 is 5.32 Å². The topological polar surface area (TPSA) is 49.4 Å². The molecule has 2 heterocycles. The Morgan fingerprint density at radius 3 is 2.93 bits per heavy atom. The first kappa shape index (κ1) is 10.3. The van der Waals surface area contributed by atoms with Crippen LogP contribution in [-0.2, 0) is 4.79 Å². The maximum absolute atomic E-state index is 11.3. The molecule has 6 heteroatoms. The molecule has 14 heavy (non-hydrogen) atoms. The molecule has 2 amide bonds. The second-order valence-electron chi connectivity index (χ2n) is 3.28. The number of nitrogens with zero attached hydrogens (tertiary/aromatic N) is 1. The highest BCUT2D eigenvalue weighted by molar-refractivity contribution is 8.14. The second kappa shape index (κ2) is 4.55. The van der Waals surface area contributed by atoms with E-state index in [4.69, 9.17) is 0 Å². The van der Waals surface area contributed by atoms with E-state index in [9.17, 15) is 9.59 Å². The van der Waals surface area contributed by atoms with Crippen LogP contribution in [0.4, 0.5) is 4.79 Å². The van der Waals surface area contributed by atoms with Crippen LogP contribution >= 0.6 is 23.5 Å². The predicted molar refractivity (Wildman–Crippen MR) is 58.7 cm³/mol. The molecule has 1 atom stereocenters. The van der Waals surface area contributed by atoms with Gasteiger partial charge in [-0.2, -0.15) is 11.8 Å². The number of imide groups is 1. The van der Waals surface area contributed by atoms with E-state index < -0.39 is 0 Å². The average molecular weight is 232 g/mol. The van der Waals surface area contributed by atoms with Gasteiger partial charge >= 0.3 is 0 Å². The van der Waals surface area contributed by atoms with Crippen LogP contribution in [0.2, 0.25) is 0 Å². The molecule has 0 spiro atoms. The highest BCUT2D eigenvalue weighted by atomic mass is 32.2. The third-order valence-electron chi connectivity index (χ3n) is 2.24. The number of hydrogen-bond acceptors (Lipinski definition) is 5. The molecule has 4 nitrogen and oxygen atoms in total. The van der Waals surface area contributed by atoms with E-state index >= 15 is 0 Å². The van der Waals surface area contributed by atoms with Crippen molar-refractivity contribution in [2.24, 2.45) is 0 Å². The Balaban J connectivity index is 1.89. The molecule has 0 unspecified atom stereocenters. The maximum atomic E-state index is 11.3. The van der Waals surface area contributed by atoms with Gasteiger partial charge in [0.25, 0.3) is 5.24 Å². The fourth-order valence-electron chi connectivity index (χ4n) is 1.51. The lowest BCUT2D eigenvalue weighted by Crippen LogP contribution is -2.47. The normalized spacial score (nSPS) is 28.6. The van der Waals surface area contributed by atoms with Crippen LogP contribution in [-0.4, -0.2) is 52.4 Å². The minimum atomic E-state index is -0.0904. The zero-order valence-electron chi connectivity index (χ0n) is 7.69. The number of amides is 2. The first-order valence-electron chi connectivity index (χ1n) is 4.55. The number of nitrogens with one attached hydrogen (secondary N) is 1. The molecule has 0 aromatic rings. The number of hydrogen-bond donors (Lipinski definition) is 1. The molecule has 2 aliphatic rings. The van der Waals surface area contributed by atoms with Gasteiger partial charge in [-0.25, -0.2) is 0 Å². The molecule has 2 rings (SSSR count). The minimum Gasteiger partial charge on any atom is -0.311 e. The first-order valence-corrected chi connectivity index (χ1v) is 6.69. The molecule has 78 valence electrons. The predicted octanol–water partition coefficient (Wildman–Crippen LogP) is 0.387. The zero-order valence-corrected chi connectivity index (χ0v) is 9.33. The summed E-state index contributed by atoms with van der Waals surface area (Å²) in [4.78, 5) is 24.0. The summed E-state index contributed by atoms with van der Waals surface area (Å²) in [5, 5.41) is 3.22. The fourth-order valence-corrected chi connectivity index (χ4v) is 3.19. The van der Waals surface area contributed by atoms with Crippen molar-refractivity contribution in [3.05, 3.63) is 0 Å². The van der Waals surface area contributed by atoms with Crippen molar-refractivity contribution in [3.8, 4) is 0 Å². The Morgan fingerprint density at radius 1 is 1.50 bits per heavy atom. The van der Waals surface area contributed by atoms with Crippen molar-refractivity contribution in [1.29, 1.82) is 0 Å². The number of thioether (sulfide) groups is 2. The van der Waals surface area contributed by atoms with E-state index in [1.165, 1.54) is 4.90 Å². The van der Waals surface area contributed by atoms with Gasteiger partial charge in [0.05, 0.1) is 5.75 Å². The second-order valence-corrected chi connectivity index (χ2v) is 5.36. The van der Waals surface area contributed by atoms with Crippen LogP contribution in [0.15, 0.2) is 0 Å². The smallest absolute Gasteiger partial charge is 0.288 e. The van der Waals surface area contributed by atoms with Gasteiger partial charge in [0.15, 0.2) is 0 Å². The summed E-state index contributed by atoms with van der Waals surface area (Å²) in [5.41, 5.74) is 0. The Labute approximate surface area is 91.2 Å². The largest absolute Gasteiger partial charge is 0.311 e. The Morgan fingerprint density at radius 2 is 2.36 bits per heavy atom. The van der Waals surface area contributed by atoms with Crippen LogP contribution in [0.3, 0.4) is 0 Å². The molecule has 0 aliphatic carbocycles. The molecule has 0 aromatic heterocycles. The van der Waals surface area contributed by atoms with E-state index in [1.54, 1.807) is 0 Å². The van der Waals surface area contributed by atoms with Crippen molar-refractivity contribution in [2.75, 3.05) is 30.3 Å². The molecule has 2 aliphatic heterocycles. The third-order valence-corrected chi connectivity index (χ3v) is 4.23. The molecule has 0 bridgehead atoms. The van der Waals surface area contributed by atoms with Gasteiger partial charge in [0.2, 0.25) is 5.91 Å². The zero-order chi connectivity index (χ0) is 9.97. The van der Waals surface area contributed by atoms with Crippen LogP contribution in [0.25, 0.3) is 0 Å². The molecule has 1 N–H and O–H groups in total. The summed E-state index contributed by atoms with van der Waals surface area (Å²) in [6.07, 6.45) is 0. The van der Waals surface area contributed by atoms with Gasteiger partial charge in [0, 0.05) is 30.6 Å². The summed E-state index contributed by atoms with van der Waals surface area (Å²) >= 11 is 2.98. The van der Waals surface area contributed by atoms with E-state index in [1.807, 2.05) is 11.8 Å². The Hall–Kier alpha value is -0.200.